The van der Waals surface area contributed by atoms with Gasteiger partial charge in [0.1, 0.15) is 5.75 Å². The van der Waals surface area contributed by atoms with Crippen LogP contribution in [0.25, 0.3) is 11.1 Å². The van der Waals surface area contributed by atoms with Gasteiger partial charge in [-0.1, -0.05) is 47.4 Å². The van der Waals surface area contributed by atoms with Gasteiger partial charge in [-0.2, -0.15) is 0 Å². The van der Waals surface area contributed by atoms with Gasteiger partial charge in [0.2, 0.25) is 11.8 Å². The van der Waals surface area contributed by atoms with E-state index in [2.05, 4.69) is 11.9 Å². The third kappa shape index (κ3) is 4.93. The summed E-state index contributed by atoms with van der Waals surface area (Å²) in [6, 6.07) is 8.72. The Balaban J connectivity index is 1.45. The lowest BCUT2D eigenvalue weighted by molar-refractivity contribution is -0.128. The first kappa shape index (κ1) is 23.7. The molecule has 2 heterocycles. The number of benzene rings is 2. The van der Waals surface area contributed by atoms with Crippen LogP contribution in [0, 0.1) is 11.8 Å². The van der Waals surface area contributed by atoms with Crippen LogP contribution in [0.15, 0.2) is 43.0 Å². The Labute approximate surface area is 208 Å². The molecular formula is C24H24Cl3N3O3. The van der Waals surface area contributed by atoms with Crippen LogP contribution in [0.2, 0.25) is 15.1 Å². The molecule has 0 bridgehead atoms. The Kier molecular flexibility index (Phi) is 7.07. The SMILES string of the molecule is C=CC(=O)N1CC2CN(C(=O)CNc3cc(-c4ccc(Cl)cc4Cl)c(Cl)cc3OC)CC2C1. The maximum atomic E-state index is 12.9. The van der Waals surface area contributed by atoms with Crippen LogP contribution < -0.4 is 10.1 Å². The number of halogens is 3. The smallest absolute Gasteiger partial charge is 0.245 e. The normalized spacial score (nSPS) is 19.4. The first-order chi connectivity index (χ1) is 15.8. The van der Waals surface area contributed by atoms with Gasteiger partial charge in [-0.3, -0.25) is 9.59 Å². The Morgan fingerprint density at radius 3 is 2.27 bits per heavy atom. The zero-order chi connectivity index (χ0) is 23.7. The second-order valence-electron chi connectivity index (χ2n) is 8.28. The number of carbonyl (C=O) groups excluding carboxylic acids is 2. The average molecular weight is 509 g/mol. The van der Waals surface area contributed by atoms with E-state index in [1.807, 2.05) is 15.9 Å². The van der Waals surface area contributed by atoms with Gasteiger partial charge in [0.15, 0.2) is 0 Å². The fraction of sp³-hybridized carbons (Fsp3) is 0.333. The van der Waals surface area contributed by atoms with Gasteiger partial charge in [0.25, 0.3) is 0 Å². The molecule has 4 rings (SSSR count). The van der Waals surface area contributed by atoms with Crippen LogP contribution in [0.3, 0.4) is 0 Å². The van der Waals surface area contributed by atoms with Crippen molar-refractivity contribution in [2.75, 3.05) is 45.2 Å². The quantitative estimate of drug-likeness (QED) is 0.568. The highest BCUT2D eigenvalue weighted by molar-refractivity contribution is 6.38. The number of nitrogens with zero attached hydrogens (tertiary/aromatic N) is 2. The van der Waals surface area contributed by atoms with Crippen LogP contribution in [0.4, 0.5) is 5.69 Å². The summed E-state index contributed by atoms with van der Waals surface area (Å²) in [5.74, 6) is 1.09. The first-order valence-corrected chi connectivity index (χ1v) is 11.7. The Morgan fingerprint density at radius 2 is 1.67 bits per heavy atom. The third-order valence-corrected chi connectivity index (χ3v) is 7.13. The highest BCUT2D eigenvalue weighted by Gasteiger charge is 2.42. The number of amides is 2. The maximum Gasteiger partial charge on any atom is 0.245 e. The number of hydrogen-bond donors (Lipinski definition) is 1. The Hall–Kier alpha value is -2.41. The fourth-order valence-electron chi connectivity index (χ4n) is 4.56. The van der Waals surface area contributed by atoms with Crippen molar-refractivity contribution in [1.82, 2.24) is 9.80 Å². The van der Waals surface area contributed by atoms with E-state index in [4.69, 9.17) is 39.5 Å². The van der Waals surface area contributed by atoms with Crippen molar-refractivity contribution >= 4 is 52.3 Å². The highest BCUT2D eigenvalue weighted by Crippen LogP contribution is 2.40. The molecule has 6 nitrogen and oxygen atoms in total. The molecular weight excluding hydrogens is 485 g/mol. The molecule has 0 aromatic heterocycles. The van der Waals surface area contributed by atoms with Gasteiger partial charge in [0.05, 0.1) is 24.4 Å². The predicted molar refractivity (Wildman–Crippen MR) is 132 cm³/mol. The molecule has 0 spiro atoms. The molecule has 2 aliphatic heterocycles. The van der Waals surface area contributed by atoms with E-state index in [1.54, 1.807) is 31.4 Å². The van der Waals surface area contributed by atoms with E-state index in [0.29, 0.717) is 70.1 Å². The molecule has 1 N–H and O–H groups in total. The molecule has 2 amide bonds. The molecule has 0 radical (unpaired) electrons. The van der Waals surface area contributed by atoms with Crippen LogP contribution in [-0.4, -0.2) is 61.4 Å². The second-order valence-corrected chi connectivity index (χ2v) is 9.53. The molecule has 2 aromatic carbocycles. The third-order valence-electron chi connectivity index (χ3n) is 6.27. The number of rotatable bonds is 6. The molecule has 33 heavy (non-hydrogen) atoms. The number of anilines is 1. The number of methoxy groups -OCH3 is 1. The lowest BCUT2D eigenvalue weighted by Gasteiger charge is -2.22. The molecule has 2 fully saturated rings. The summed E-state index contributed by atoms with van der Waals surface area (Å²) in [6.07, 6.45) is 1.35. The summed E-state index contributed by atoms with van der Waals surface area (Å²) in [5.41, 5.74) is 2.07. The topological polar surface area (TPSA) is 61.9 Å². The molecule has 2 saturated heterocycles. The Bertz CT molecular complexity index is 1090. The van der Waals surface area contributed by atoms with E-state index in [9.17, 15) is 9.59 Å². The Morgan fingerprint density at radius 1 is 1.03 bits per heavy atom. The van der Waals surface area contributed by atoms with E-state index < -0.39 is 0 Å². The van der Waals surface area contributed by atoms with E-state index in [-0.39, 0.29) is 18.4 Å². The zero-order valence-electron chi connectivity index (χ0n) is 18.1. The lowest BCUT2D eigenvalue weighted by Crippen LogP contribution is -2.37. The molecule has 174 valence electrons. The van der Waals surface area contributed by atoms with Gasteiger partial charge in [-0.15, -0.1) is 0 Å². The number of likely N-dealkylation sites (tertiary alicyclic amines) is 2. The summed E-state index contributed by atoms with van der Waals surface area (Å²) < 4.78 is 5.46. The highest BCUT2D eigenvalue weighted by atomic mass is 35.5. The largest absolute Gasteiger partial charge is 0.495 e. The first-order valence-electron chi connectivity index (χ1n) is 10.6. The van der Waals surface area contributed by atoms with E-state index in [0.717, 1.165) is 5.56 Å². The van der Waals surface area contributed by atoms with Gasteiger partial charge < -0.3 is 19.9 Å². The standard InChI is InChI=1S/C24H24Cl3N3O3/c1-3-23(31)29-10-14-12-30(13-15(14)11-29)24(32)9-28-21-7-18(20(27)8-22(21)33-2)17-5-4-16(25)6-19(17)26/h3-8,14-15,28H,1,9-13H2,2H3. The van der Waals surface area contributed by atoms with Gasteiger partial charge in [-0.05, 0) is 24.3 Å². The van der Waals surface area contributed by atoms with Crippen molar-refractivity contribution in [3.05, 3.63) is 58.1 Å². The predicted octanol–water partition coefficient (Wildman–Crippen LogP) is 4.84. The summed E-state index contributed by atoms with van der Waals surface area (Å²) >= 11 is 18.9. The molecule has 0 aliphatic carbocycles. The van der Waals surface area contributed by atoms with Gasteiger partial charge in [0, 0.05) is 65.3 Å². The van der Waals surface area contributed by atoms with E-state index >= 15 is 0 Å². The summed E-state index contributed by atoms with van der Waals surface area (Å²) in [4.78, 5) is 28.4. The lowest BCUT2D eigenvalue weighted by atomic mass is 10.0. The minimum absolute atomic E-state index is 0.00549. The van der Waals surface area contributed by atoms with Crippen molar-refractivity contribution in [1.29, 1.82) is 0 Å². The molecule has 2 atom stereocenters. The van der Waals surface area contributed by atoms with Crippen molar-refractivity contribution < 1.29 is 14.3 Å². The number of ether oxygens (including phenoxy) is 1. The van der Waals surface area contributed by atoms with Gasteiger partial charge in [-0.25, -0.2) is 0 Å². The number of carbonyl (C=O) groups is 2. The molecule has 9 heteroatoms. The number of fused-ring (bicyclic) bond motifs is 1. The summed E-state index contributed by atoms with van der Waals surface area (Å²) in [7, 11) is 1.55. The van der Waals surface area contributed by atoms with Crippen molar-refractivity contribution in [3.63, 3.8) is 0 Å². The molecule has 2 aliphatic rings. The zero-order valence-corrected chi connectivity index (χ0v) is 20.4. The van der Waals surface area contributed by atoms with Crippen molar-refractivity contribution in [3.8, 4) is 16.9 Å². The average Bonchev–Trinajstić information content (AvgIpc) is 3.37. The van der Waals surface area contributed by atoms with Crippen LogP contribution in [0.5, 0.6) is 5.75 Å². The van der Waals surface area contributed by atoms with Crippen LogP contribution in [0.1, 0.15) is 0 Å². The van der Waals surface area contributed by atoms with E-state index in [1.165, 1.54) is 6.08 Å². The van der Waals surface area contributed by atoms with Crippen molar-refractivity contribution in [2.24, 2.45) is 11.8 Å². The summed E-state index contributed by atoms with van der Waals surface area (Å²) in [5, 5.41) is 4.67. The molecule has 2 unspecified atom stereocenters. The van der Waals surface area contributed by atoms with Crippen LogP contribution in [-0.2, 0) is 9.59 Å². The van der Waals surface area contributed by atoms with Crippen molar-refractivity contribution in [2.45, 2.75) is 0 Å². The van der Waals surface area contributed by atoms with Gasteiger partial charge >= 0.3 is 0 Å². The fourth-order valence-corrected chi connectivity index (χ4v) is 5.33. The minimum Gasteiger partial charge on any atom is -0.495 e. The number of hydrogen-bond acceptors (Lipinski definition) is 4. The molecule has 0 saturated carbocycles. The maximum absolute atomic E-state index is 12.9. The van der Waals surface area contributed by atoms with Crippen LogP contribution >= 0.6 is 34.8 Å². The second kappa shape index (κ2) is 9.84. The minimum atomic E-state index is -0.0460. The monoisotopic (exact) mass is 507 g/mol. The summed E-state index contributed by atoms with van der Waals surface area (Å²) in [6.45, 7) is 6.30. The molecule has 2 aromatic rings. The number of nitrogens with one attached hydrogen (secondary N) is 1.